The fourth-order valence-electron chi connectivity index (χ4n) is 2.91. The van der Waals surface area contributed by atoms with Crippen LogP contribution in [0, 0.1) is 5.82 Å². The average Bonchev–Trinajstić information content (AvgIpc) is 2.65. The van der Waals surface area contributed by atoms with Crippen molar-refractivity contribution >= 4 is 23.5 Å². The molecule has 3 rings (SSSR count). The Morgan fingerprint density at radius 2 is 1.96 bits per heavy atom. The number of hydrogen-bond donors (Lipinski definition) is 2. The first-order chi connectivity index (χ1) is 13.0. The Morgan fingerprint density at radius 3 is 2.59 bits per heavy atom. The first kappa shape index (κ1) is 18.6. The molecule has 1 fully saturated rings. The van der Waals surface area contributed by atoms with Crippen LogP contribution in [0.5, 0.6) is 0 Å². The van der Waals surface area contributed by atoms with Crippen LogP contribution in [0.4, 0.5) is 10.1 Å². The summed E-state index contributed by atoms with van der Waals surface area (Å²) in [6.45, 7) is 0. The normalized spacial score (nSPS) is 16.6. The molecule has 27 heavy (non-hydrogen) atoms. The summed E-state index contributed by atoms with van der Waals surface area (Å²) < 4.78 is 19.2. The number of hydrogen-bond acceptors (Lipinski definition) is 5. The molecule has 0 aromatic heterocycles. The van der Waals surface area contributed by atoms with E-state index in [1.165, 1.54) is 13.2 Å². The first-order valence-corrected chi connectivity index (χ1v) is 8.52. The Kier molecular flexibility index (Phi) is 5.49. The standard InChI is InChI=1S/C20H19FN2O4/c1-27-19(25)10-12-2-4-13(5-3-12)15-7-6-14(11-16(15)21)22-17-8-9-18(24)23-20(17)26/h2-7,11,17,22H,8-10H2,1H3,(H,23,24,26). The number of nitrogens with one attached hydrogen (secondary N) is 2. The molecule has 0 saturated carbocycles. The Balaban J connectivity index is 1.72. The molecule has 1 atom stereocenters. The maximum Gasteiger partial charge on any atom is 0.309 e. The Morgan fingerprint density at radius 1 is 1.22 bits per heavy atom. The molecule has 1 heterocycles. The minimum atomic E-state index is -0.564. The van der Waals surface area contributed by atoms with Gasteiger partial charge < -0.3 is 10.1 Å². The molecule has 2 aromatic rings. The van der Waals surface area contributed by atoms with Crippen LogP contribution in [0.2, 0.25) is 0 Å². The van der Waals surface area contributed by atoms with Crippen LogP contribution in [0.3, 0.4) is 0 Å². The van der Waals surface area contributed by atoms with Gasteiger partial charge in [-0.1, -0.05) is 24.3 Å². The van der Waals surface area contributed by atoms with E-state index < -0.39 is 17.8 Å². The number of anilines is 1. The van der Waals surface area contributed by atoms with Crippen molar-refractivity contribution in [3.05, 3.63) is 53.8 Å². The second-order valence-electron chi connectivity index (χ2n) is 6.29. The summed E-state index contributed by atoms with van der Waals surface area (Å²) in [6, 6.07) is 11.0. The van der Waals surface area contributed by atoms with Crippen LogP contribution in [0.15, 0.2) is 42.5 Å². The van der Waals surface area contributed by atoms with Crippen molar-refractivity contribution < 1.29 is 23.5 Å². The minimum absolute atomic E-state index is 0.161. The van der Waals surface area contributed by atoms with Gasteiger partial charge >= 0.3 is 5.97 Å². The predicted octanol–water partition coefficient (Wildman–Crippen LogP) is 2.43. The number of imide groups is 1. The van der Waals surface area contributed by atoms with E-state index in [0.717, 1.165) is 5.56 Å². The highest BCUT2D eigenvalue weighted by molar-refractivity contribution is 6.01. The largest absolute Gasteiger partial charge is 0.469 e. The molecule has 0 aliphatic carbocycles. The van der Waals surface area contributed by atoms with Crippen molar-refractivity contribution in [2.24, 2.45) is 0 Å². The molecule has 1 aliphatic heterocycles. The molecule has 0 radical (unpaired) electrons. The van der Waals surface area contributed by atoms with Crippen LogP contribution >= 0.6 is 0 Å². The van der Waals surface area contributed by atoms with E-state index >= 15 is 0 Å². The summed E-state index contributed by atoms with van der Waals surface area (Å²) in [4.78, 5) is 34.3. The summed E-state index contributed by atoms with van der Waals surface area (Å²) in [6.07, 6.45) is 0.783. The van der Waals surface area contributed by atoms with Crippen LogP contribution in [0.25, 0.3) is 11.1 Å². The van der Waals surface area contributed by atoms with Crippen molar-refractivity contribution in [2.75, 3.05) is 12.4 Å². The highest BCUT2D eigenvalue weighted by Gasteiger charge is 2.26. The van der Waals surface area contributed by atoms with Crippen molar-refractivity contribution in [1.29, 1.82) is 0 Å². The van der Waals surface area contributed by atoms with E-state index in [0.29, 0.717) is 23.2 Å². The quantitative estimate of drug-likeness (QED) is 0.624. The van der Waals surface area contributed by atoms with E-state index in [1.54, 1.807) is 36.4 Å². The van der Waals surface area contributed by atoms with Gasteiger partial charge in [-0.3, -0.25) is 19.7 Å². The van der Waals surface area contributed by atoms with Gasteiger partial charge in [0.1, 0.15) is 11.9 Å². The SMILES string of the molecule is COC(=O)Cc1ccc(-c2ccc(NC3CCC(=O)NC3=O)cc2F)cc1. The van der Waals surface area contributed by atoms with Gasteiger partial charge in [-0.05, 0) is 35.7 Å². The lowest BCUT2D eigenvalue weighted by Crippen LogP contribution is -2.47. The van der Waals surface area contributed by atoms with Gasteiger partial charge in [0, 0.05) is 17.7 Å². The Bertz CT molecular complexity index is 880. The maximum absolute atomic E-state index is 14.5. The summed E-state index contributed by atoms with van der Waals surface area (Å²) in [5.41, 5.74) is 2.33. The molecule has 6 nitrogen and oxygen atoms in total. The molecule has 1 aliphatic rings. The van der Waals surface area contributed by atoms with E-state index in [4.69, 9.17) is 0 Å². The first-order valence-electron chi connectivity index (χ1n) is 8.52. The second-order valence-corrected chi connectivity index (χ2v) is 6.29. The average molecular weight is 370 g/mol. The lowest BCUT2D eigenvalue weighted by atomic mass is 10.0. The smallest absolute Gasteiger partial charge is 0.309 e. The van der Waals surface area contributed by atoms with E-state index in [2.05, 4.69) is 15.4 Å². The monoisotopic (exact) mass is 370 g/mol. The number of methoxy groups -OCH3 is 1. The number of rotatable bonds is 5. The van der Waals surface area contributed by atoms with Gasteiger partial charge in [-0.2, -0.15) is 0 Å². The molecule has 2 aromatic carbocycles. The van der Waals surface area contributed by atoms with Crippen molar-refractivity contribution in [3.63, 3.8) is 0 Å². The fraction of sp³-hybridized carbons (Fsp3) is 0.250. The lowest BCUT2D eigenvalue weighted by molar-refractivity contribution is -0.140. The van der Waals surface area contributed by atoms with Crippen molar-refractivity contribution in [2.45, 2.75) is 25.3 Å². The molecule has 7 heteroatoms. The van der Waals surface area contributed by atoms with Gasteiger partial charge in [0.15, 0.2) is 0 Å². The highest BCUT2D eigenvalue weighted by atomic mass is 19.1. The number of carbonyl (C=O) groups is 3. The van der Waals surface area contributed by atoms with Crippen LogP contribution in [-0.2, 0) is 25.5 Å². The van der Waals surface area contributed by atoms with Crippen LogP contribution in [-0.4, -0.2) is 30.9 Å². The van der Waals surface area contributed by atoms with E-state index in [-0.39, 0.29) is 24.7 Å². The lowest BCUT2D eigenvalue weighted by Gasteiger charge is -2.23. The van der Waals surface area contributed by atoms with Crippen LogP contribution in [0.1, 0.15) is 18.4 Å². The predicted molar refractivity (Wildman–Crippen MR) is 97.4 cm³/mol. The number of amides is 2. The zero-order valence-electron chi connectivity index (χ0n) is 14.8. The van der Waals surface area contributed by atoms with Gasteiger partial charge in [-0.15, -0.1) is 0 Å². The highest BCUT2D eigenvalue weighted by Crippen LogP contribution is 2.26. The Labute approximate surface area is 155 Å². The number of benzene rings is 2. The summed E-state index contributed by atoms with van der Waals surface area (Å²) >= 11 is 0. The second kappa shape index (κ2) is 7.99. The molecule has 1 unspecified atom stereocenters. The number of ether oxygens (including phenoxy) is 1. The summed E-state index contributed by atoms with van der Waals surface area (Å²) in [5, 5.41) is 5.21. The van der Waals surface area contributed by atoms with E-state index in [1.807, 2.05) is 0 Å². The number of esters is 1. The molecular weight excluding hydrogens is 351 g/mol. The summed E-state index contributed by atoms with van der Waals surface area (Å²) in [7, 11) is 1.33. The van der Waals surface area contributed by atoms with Crippen molar-refractivity contribution in [1.82, 2.24) is 5.32 Å². The van der Waals surface area contributed by atoms with Gasteiger partial charge in [-0.25, -0.2) is 4.39 Å². The minimum Gasteiger partial charge on any atom is -0.469 e. The van der Waals surface area contributed by atoms with Gasteiger partial charge in [0.25, 0.3) is 0 Å². The molecule has 0 spiro atoms. The zero-order valence-corrected chi connectivity index (χ0v) is 14.8. The van der Waals surface area contributed by atoms with Crippen molar-refractivity contribution in [3.8, 4) is 11.1 Å². The third-order valence-corrected chi connectivity index (χ3v) is 4.39. The molecule has 1 saturated heterocycles. The number of piperidine rings is 1. The topological polar surface area (TPSA) is 84.5 Å². The van der Waals surface area contributed by atoms with Gasteiger partial charge in [0.2, 0.25) is 11.8 Å². The fourth-order valence-corrected chi connectivity index (χ4v) is 2.91. The maximum atomic E-state index is 14.5. The number of carbonyl (C=O) groups excluding carboxylic acids is 3. The van der Waals surface area contributed by atoms with Gasteiger partial charge in [0.05, 0.1) is 13.5 Å². The third kappa shape index (κ3) is 4.49. The summed E-state index contributed by atoms with van der Waals surface area (Å²) in [5.74, 6) is -1.47. The molecule has 0 bridgehead atoms. The molecular formula is C20H19FN2O4. The number of halogens is 1. The molecule has 140 valence electrons. The molecule has 2 N–H and O–H groups in total. The third-order valence-electron chi connectivity index (χ3n) is 4.39. The zero-order chi connectivity index (χ0) is 19.4. The van der Waals surface area contributed by atoms with E-state index in [9.17, 15) is 18.8 Å². The Hall–Kier alpha value is -3.22. The molecule has 2 amide bonds. The van der Waals surface area contributed by atoms with Crippen LogP contribution < -0.4 is 10.6 Å².